The number of hydrogen-bond donors (Lipinski definition) is 0. The molecule has 0 aromatic heterocycles. The predicted octanol–water partition coefficient (Wildman–Crippen LogP) is 6.21. The van der Waals surface area contributed by atoms with Crippen LogP contribution < -0.4 is 0 Å². The van der Waals surface area contributed by atoms with E-state index in [9.17, 15) is 8.42 Å². The van der Waals surface area contributed by atoms with Crippen LogP contribution in [0.5, 0.6) is 0 Å². The van der Waals surface area contributed by atoms with Crippen LogP contribution in [0.4, 0.5) is 0 Å². The summed E-state index contributed by atoms with van der Waals surface area (Å²) in [5, 5.41) is 0. The van der Waals surface area contributed by atoms with Gasteiger partial charge in [0.1, 0.15) is 4.08 Å². The van der Waals surface area contributed by atoms with E-state index in [1.807, 2.05) is 121 Å². The van der Waals surface area contributed by atoms with Crippen molar-refractivity contribution < 1.29 is 8.42 Å². The molecule has 5 rings (SSSR count). The molecule has 2 atom stereocenters. The van der Waals surface area contributed by atoms with E-state index in [-0.39, 0.29) is 0 Å². The lowest BCUT2D eigenvalue weighted by atomic mass is 10.0. The second-order valence-electron chi connectivity index (χ2n) is 8.16. The fourth-order valence-electron chi connectivity index (χ4n) is 4.40. The molecule has 0 amide bonds. The van der Waals surface area contributed by atoms with E-state index in [1.165, 1.54) is 0 Å². The van der Waals surface area contributed by atoms with Crippen molar-refractivity contribution in [2.45, 2.75) is 16.9 Å². The summed E-state index contributed by atoms with van der Waals surface area (Å²) in [6.07, 6.45) is 0.934. The van der Waals surface area contributed by atoms with E-state index in [1.54, 1.807) is 0 Å². The molecule has 33 heavy (non-hydrogen) atoms. The van der Waals surface area contributed by atoms with Crippen LogP contribution in [0.25, 0.3) is 9.81 Å². The first-order valence-corrected chi connectivity index (χ1v) is 13.3. The maximum absolute atomic E-state index is 14.5. The highest BCUT2D eigenvalue weighted by atomic mass is 32.2. The summed E-state index contributed by atoms with van der Waals surface area (Å²) in [4.78, 5) is 1.37. The van der Waals surface area contributed by atoms with Gasteiger partial charge in [-0.15, -0.1) is 0 Å². The minimum atomic E-state index is -1.49. The Morgan fingerprint density at radius 3 is 1.09 bits per heavy atom. The molecule has 0 radical (unpaired) electrons. The Hall–Kier alpha value is -3.08. The molecule has 0 bridgehead atoms. The van der Waals surface area contributed by atoms with Crippen LogP contribution in [-0.2, 0) is 34.4 Å². The summed E-state index contributed by atoms with van der Waals surface area (Å²) in [5.74, 6) is 0. The predicted molar refractivity (Wildman–Crippen MR) is 139 cm³/mol. The largest absolute Gasteiger partial charge is 0.253 e. The average molecular weight is 469 g/mol. The van der Waals surface area contributed by atoms with Crippen molar-refractivity contribution in [3.8, 4) is 0 Å². The zero-order chi connectivity index (χ0) is 22.7. The van der Waals surface area contributed by atoms with Gasteiger partial charge < -0.3 is 0 Å². The Morgan fingerprint density at radius 2 is 0.758 bits per heavy atom. The zero-order valence-electron chi connectivity index (χ0n) is 18.1. The standard InChI is InChI=1S/C29H24O2S2/c30-32-27(25-17-9-3-10-18-25)28(26-19-11-4-12-20-26)33(31)29(32,21-23-13-5-1-6-14-23)22-24-15-7-2-8-16-24/h1-20H,21-22H2. The third-order valence-corrected chi connectivity index (χ3v) is 10.5. The van der Waals surface area contributed by atoms with Crippen LogP contribution >= 0.6 is 0 Å². The molecule has 2 nitrogen and oxygen atoms in total. The molecule has 2 unspecified atom stereocenters. The molecule has 0 aliphatic carbocycles. The fourth-order valence-corrected chi connectivity index (χ4v) is 9.11. The summed E-state index contributed by atoms with van der Waals surface area (Å²) < 4.78 is 28.0. The minimum absolute atomic E-state index is 0.467. The van der Waals surface area contributed by atoms with Gasteiger partial charge in [0.05, 0.1) is 31.4 Å². The molecule has 4 heteroatoms. The molecule has 0 fully saturated rings. The Labute approximate surface area is 199 Å². The van der Waals surface area contributed by atoms with Crippen LogP contribution in [0.3, 0.4) is 0 Å². The molecule has 1 heterocycles. The van der Waals surface area contributed by atoms with E-state index >= 15 is 0 Å². The quantitative estimate of drug-likeness (QED) is 0.337. The van der Waals surface area contributed by atoms with E-state index < -0.39 is 25.7 Å². The van der Waals surface area contributed by atoms with Crippen LogP contribution in [0, 0.1) is 0 Å². The van der Waals surface area contributed by atoms with Crippen molar-refractivity contribution in [1.29, 1.82) is 0 Å². The van der Waals surface area contributed by atoms with Gasteiger partial charge in [-0.2, -0.15) is 0 Å². The number of benzene rings is 4. The second kappa shape index (κ2) is 9.42. The third kappa shape index (κ3) is 4.17. The van der Waals surface area contributed by atoms with Crippen LogP contribution in [0.15, 0.2) is 121 Å². The Kier molecular flexibility index (Phi) is 6.21. The van der Waals surface area contributed by atoms with Crippen molar-refractivity contribution in [3.05, 3.63) is 144 Å². The Morgan fingerprint density at radius 1 is 0.455 bits per heavy atom. The minimum Gasteiger partial charge on any atom is -0.253 e. The summed E-state index contributed by atoms with van der Waals surface area (Å²) in [5.41, 5.74) is 3.81. The van der Waals surface area contributed by atoms with Crippen molar-refractivity contribution in [2.75, 3.05) is 0 Å². The number of rotatable bonds is 6. The lowest BCUT2D eigenvalue weighted by molar-refractivity contribution is 0.638. The highest BCUT2D eigenvalue weighted by Crippen LogP contribution is 2.50. The number of hydrogen-bond acceptors (Lipinski definition) is 2. The zero-order valence-corrected chi connectivity index (χ0v) is 19.7. The lowest BCUT2D eigenvalue weighted by Crippen LogP contribution is -2.40. The summed E-state index contributed by atoms with van der Waals surface area (Å²) in [6.45, 7) is 0. The highest BCUT2D eigenvalue weighted by Gasteiger charge is 2.53. The van der Waals surface area contributed by atoms with Gasteiger partial charge in [-0.1, -0.05) is 121 Å². The van der Waals surface area contributed by atoms with Crippen molar-refractivity contribution >= 4 is 31.4 Å². The van der Waals surface area contributed by atoms with E-state index in [4.69, 9.17) is 0 Å². The van der Waals surface area contributed by atoms with E-state index in [0.717, 1.165) is 22.3 Å². The molecule has 1 aliphatic rings. The first-order chi connectivity index (χ1) is 16.2. The van der Waals surface area contributed by atoms with E-state index in [0.29, 0.717) is 22.7 Å². The molecule has 1 aliphatic heterocycles. The van der Waals surface area contributed by atoms with Crippen LogP contribution in [-0.4, -0.2) is 12.5 Å². The Bertz CT molecular complexity index is 1210. The topological polar surface area (TPSA) is 34.1 Å². The van der Waals surface area contributed by atoms with Crippen molar-refractivity contribution in [2.24, 2.45) is 0 Å². The molecule has 4 aromatic rings. The molecule has 0 N–H and O–H groups in total. The van der Waals surface area contributed by atoms with Gasteiger partial charge >= 0.3 is 0 Å². The van der Waals surface area contributed by atoms with Gasteiger partial charge in [-0.25, -0.2) is 0 Å². The summed E-state index contributed by atoms with van der Waals surface area (Å²) in [6, 6.07) is 39.5. The second-order valence-corrected chi connectivity index (χ2v) is 11.9. The summed E-state index contributed by atoms with van der Waals surface area (Å²) in [7, 11) is -2.98. The highest BCUT2D eigenvalue weighted by molar-refractivity contribution is 8.17. The first kappa shape index (κ1) is 21.7. The van der Waals surface area contributed by atoms with Crippen LogP contribution in [0.2, 0.25) is 0 Å². The van der Waals surface area contributed by atoms with Gasteiger partial charge in [0.15, 0.2) is 0 Å². The molecular formula is C29H24O2S2. The first-order valence-electron chi connectivity index (χ1n) is 11.0. The molecular weight excluding hydrogens is 444 g/mol. The molecule has 4 aromatic carbocycles. The summed E-state index contributed by atoms with van der Waals surface area (Å²) >= 11 is 0. The third-order valence-electron chi connectivity index (χ3n) is 5.96. The van der Waals surface area contributed by atoms with Gasteiger partial charge in [0, 0.05) is 12.8 Å². The van der Waals surface area contributed by atoms with Gasteiger partial charge in [0.2, 0.25) is 0 Å². The Balaban J connectivity index is 1.72. The SMILES string of the molecule is O=S1C(c2ccccc2)=C(c2ccccc2)S(=O)C1(Cc1ccccc1)Cc1ccccc1. The normalized spacial score (nSPS) is 19.5. The molecule has 0 saturated heterocycles. The maximum Gasteiger partial charge on any atom is 0.138 e. The molecule has 0 spiro atoms. The fraction of sp³-hybridized carbons (Fsp3) is 0.103. The van der Waals surface area contributed by atoms with Crippen molar-refractivity contribution in [1.82, 2.24) is 0 Å². The maximum atomic E-state index is 14.5. The lowest BCUT2D eigenvalue weighted by Gasteiger charge is -2.28. The molecule has 164 valence electrons. The molecule has 0 saturated carbocycles. The van der Waals surface area contributed by atoms with Crippen LogP contribution in [0.1, 0.15) is 22.3 Å². The smallest absolute Gasteiger partial charge is 0.138 e. The van der Waals surface area contributed by atoms with E-state index in [2.05, 4.69) is 0 Å². The monoisotopic (exact) mass is 468 g/mol. The van der Waals surface area contributed by atoms with Crippen molar-refractivity contribution in [3.63, 3.8) is 0 Å². The van der Waals surface area contributed by atoms with Gasteiger partial charge in [-0.05, 0) is 22.3 Å². The van der Waals surface area contributed by atoms with Gasteiger partial charge in [-0.3, -0.25) is 8.42 Å². The van der Waals surface area contributed by atoms with Gasteiger partial charge in [0.25, 0.3) is 0 Å². The average Bonchev–Trinajstić information content (AvgIpc) is 3.08.